The fourth-order valence-electron chi connectivity index (χ4n) is 1.44. The Morgan fingerprint density at radius 3 is 2.31 bits per heavy atom. The highest BCUT2D eigenvalue weighted by Crippen LogP contribution is 2.39. The van der Waals surface area contributed by atoms with Crippen LogP contribution in [0.2, 0.25) is 0 Å². The fourth-order valence-corrected chi connectivity index (χ4v) is 1.44. The lowest BCUT2D eigenvalue weighted by Crippen LogP contribution is -2.45. The van der Waals surface area contributed by atoms with E-state index in [0.717, 1.165) is 12.8 Å². The highest BCUT2D eigenvalue weighted by atomic mass is 35.5. The molecule has 1 fully saturated rings. The summed E-state index contributed by atoms with van der Waals surface area (Å²) in [5, 5.41) is 0. The summed E-state index contributed by atoms with van der Waals surface area (Å²) >= 11 is 0. The fraction of sp³-hybridized carbons (Fsp3) is 0.889. The Morgan fingerprint density at radius 2 is 2.00 bits per heavy atom. The third kappa shape index (κ3) is 2.58. The van der Waals surface area contributed by atoms with Crippen LogP contribution in [0, 0.1) is 11.3 Å². The van der Waals surface area contributed by atoms with Crippen LogP contribution in [0.5, 0.6) is 0 Å². The molecule has 0 bridgehead atoms. The van der Waals surface area contributed by atoms with Crippen molar-refractivity contribution >= 4 is 18.4 Å². The van der Waals surface area contributed by atoms with Crippen LogP contribution in [-0.4, -0.2) is 19.1 Å². The van der Waals surface area contributed by atoms with Gasteiger partial charge in [-0.25, -0.2) is 0 Å². The lowest BCUT2D eigenvalue weighted by Gasteiger charge is -2.28. The molecule has 0 unspecified atom stereocenters. The molecule has 1 aliphatic rings. The molecule has 0 heterocycles. The average molecular weight is 208 g/mol. The molecule has 13 heavy (non-hydrogen) atoms. The predicted molar refractivity (Wildman–Crippen MR) is 53.7 cm³/mol. The van der Waals surface area contributed by atoms with Gasteiger partial charge >= 0.3 is 5.97 Å². The molecule has 0 aliphatic heterocycles. The molecule has 0 amide bonds. The first-order valence-corrected chi connectivity index (χ1v) is 4.34. The summed E-state index contributed by atoms with van der Waals surface area (Å²) in [4.78, 5) is 11.3. The number of carbonyl (C=O) groups is 1. The minimum atomic E-state index is -0.532. The summed E-state index contributed by atoms with van der Waals surface area (Å²) < 4.78 is 4.70. The van der Waals surface area contributed by atoms with Crippen LogP contribution in [0.4, 0.5) is 0 Å². The number of nitrogens with two attached hydrogens (primary N) is 1. The summed E-state index contributed by atoms with van der Waals surface area (Å²) in [5.41, 5.74) is 5.40. The van der Waals surface area contributed by atoms with Crippen molar-refractivity contribution in [3.8, 4) is 0 Å². The second kappa shape index (κ2) is 4.29. The zero-order valence-corrected chi connectivity index (χ0v) is 9.19. The molecule has 3 nitrogen and oxygen atoms in total. The van der Waals surface area contributed by atoms with Crippen molar-refractivity contribution in [1.82, 2.24) is 0 Å². The number of halogens is 1. The molecule has 1 saturated carbocycles. The van der Waals surface area contributed by atoms with Crippen LogP contribution in [0.25, 0.3) is 0 Å². The number of esters is 1. The Kier molecular flexibility index (Phi) is 4.20. The van der Waals surface area contributed by atoms with Crippen molar-refractivity contribution in [2.45, 2.75) is 32.7 Å². The predicted octanol–water partition coefficient (Wildman–Crippen LogP) is 1.34. The summed E-state index contributed by atoms with van der Waals surface area (Å²) in [5.74, 6) is 0.320. The zero-order valence-electron chi connectivity index (χ0n) is 8.37. The Hall–Kier alpha value is -0.280. The maximum atomic E-state index is 11.3. The van der Waals surface area contributed by atoms with E-state index >= 15 is 0 Å². The molecule has 0 aromatic heterocycles. The van der Waals surface area contributed by atoms with E-state index in [0.29, 0.717) is 5.92 Å². The van der Waals surface area contributed by atoms with Gasteiger partial charge in [0.2, 0.25) is 0 Å². The molecule has 78 valence electrons. The molecule has 1 rings (SSSR count). The van der Waals surface area contributed by atoms with E-state index in [1.807, 2.05) is 13.8 Å². The van der Waals surface area contributed by atoms with E-state index in [1.54, 1.807) is 0 Å². The summed E-state index contributed by atoms with van der Waals surface area (Å²) in [6.07, 6.45) is 2.31. The van der Waals surface area contributed by atoms with Gasteiger partial charge in [0, 0.05) is 6.04 Å². The number of carbonyl (C=O) groups excluding carboxylic acids is 1. The smallest absolute Gasteiger partial charge is 0.312 e. The quantitative estimate of drug-likeness (QED) is 0.711. The van der Waals surface area contributed by atoms with Crippen LogP contribution >= 0.6 is 12.4 Å². The number of methoxy groups -OCH3 is 1. The third-order valence-electron chi connectivity index (χ3n) is 2.67. The average Bonchev–Trinajstić information content (AvgIpc) is 2.83. The van der Waals surface area contributed by atoms with Gasteiger partial charge in [-0.05, 0) is 32.6 Å². The Balaban J connectivity index is 0.00000144. The van der Waals surface area contributed by atoms with Crippen molar-refractivity contribution in [2.75, 3.05) is 7.11 Å². The molecule has 0 aromatic carbocycles. The van der Waals surface area contributed by atoms with E-state index in [4.69, 9.17) is 10.5 Å². The first-order valence-electron chi connectivity index (χ1n) is 4.34. The molecule has 1 atom stereocenters. The van der Waals surface area contributed by atoms with E-state index in [2.05, 4.69) is 0 Å². The van der Waals surface area contributed by atoms with Gasteiger partial charge in [0.25, 0.3) is 0 Å². The molecule has 0 aromatic rings. The minimum absolute atomic E-state index is 0. The van der Waals surface area contributed by atoms with Gasteiger partial charge in [0.1, 0.15) is 0 Å². The van der Waals surface area contributed by atoms with Crippen LogP contribution in [0.3, 0.4) is 0 Å². The molecule has 0 spiro atoms. The van der Waals surface area contributed by atoms with Gasteiger partial charge in [-0.15, -0.1) is 12.4 Å². The van der Waals surface area contributed by atoms with Crippen molar-refractivity contribution in [1.29, 1.82) is 0 Å². The number of hydrogen-bond donors (Lipinski definition) is 1. The van der Waals surface area contributed by atoms with Gasteiger partial charge in [-0.3, -0.25) is 4.79 Å². The number of rotatable bonds is 3. The molecular weight excluding hydrogens is 190 g/mol. The Labute approximate surface area is 85.4 Å². The SMILES string of the molecule is COC(=O)C(C)(C)[C@H](N)C1CC1.Cl. The molecule has 4 heteroatoms. The Bertz CT molecular complexity index is 190. The lowest BCUT2D eigenvalue weighted by atomic mass is 9.82. The van der Waals surface area contributed by atoms with Crippen LogP contribution < -0.4 is 5.73 Å². The lowest BCUT2D eigenvalue weighted by molar-refractivity contribution is -0.152. The molecular formula is C9H18ClNO2. The van der Waals surface area contributed by atoms with Gasteiger partial charge in [0.15, 0.2) is 0 Å². The molecule has 1 aliphatic carbocycles. The van der Waals surface area contributed by atoms with Crippen molar-refractivity contribution in [3.05, 3.63) is 0 Å². The van der Waals surface area contributed by atoms with Crippen molar-refractivity contribution in [2.24, 2.45) is 17.1 Å². The van der Waals surface area contributed by atoms with Crippen molar-refractivity contribution < 1.29 is 9.53 Å². The highest BCUT2D eigenvalue weighted by molar-refractivity contribution is 5.85. The van der Waals surface area contributed by atoms with Gasteiger partial charge in [-0.2, -0.15) is 0 Å². The minimum Gasteiger partial charge on any atom is -0.469 e. The summed E-state index contributed by atoms with van der Waals surface area (Å²) in [6, 6.07) is -0.0510. The second-order valence-corrected chi connectivity index (χ2v) is 4.08. The summed E-state index contributed by atoms with van der Waals surface area (Å²) in [6.45, 7) is 3.70. The number of hydrogen-bond acceptors (Lipinski definition) is 3. The van der Waals surface area contributed by atoms with Gasteiger partial charge < -0.3 is 10.5 Å². The Morgan fingerprint density at radius 1 is 1.54 bits per heavy atom. The van der Waals surface area contributed by atoms with Crippen LogP contribution in [-0.2, 0) is 9.53 Å². The number of ether oxygens (including phenoxy) is 1. The van der Waals surface area contributed by atoms with E-state index in [1.165, 1.54) is 7.11 Å². The van der Waals surface area contributed by atoms with E-state index in [9.17, 15) is 4.79 Å². The van der Waals surface area contributed by atoms with Crippen LogP contribution in [0.1, 0.15) is 26.7 Å². The van der Waals surface area contributed by atoms with E-state index < -0.39 is 5.41 Å². The highest BCUT2D eigenvalue weighted by Gasteiger charge is 2.43. The first-order chi connectivity index (χ1) is 5.50. The topological polar surface area (TPSA) is 52.3 Å². The van der Waals surface area contributed by atoms with E-state index in [-0.39, 0.29) is 24.4 Å². The van der Waals surface area contributed by atoms with Gasteiger partial charge in [0.05, 0.1) is 12.5 Å². The molecule has 2 N–H and O–H groups in total. The standard InChI is InChI=1S/C9H17NO2.ClH/c1-9(2,8(11)12-3)7(10)6-4-5-6;/h6-7H,4-5,10H2,1-3H3;1H/t7-;/m1./s1. The maximum absolute atomic E-state index is 11.3. The zero-order chi connectivity index (χ0) is 9.35. The van der Waals surface area contributed by atoms with Crippen molar-refractivity contribution in [3.63, 3.8) is 0 Å². The van der Waals surface area contributed by atoms with Gasteiger partial charge in [-0.1, -0.05) is 0 Å². The largest absolute Gasteiger partial charge is 0.469 e. The molecule has 0 saturated heterocycles. The normalized spacial score (nSPS) is 18.8. The second-order valence-electron chi connectivity index (χ2n) is 4.08. The third-order valence-corrected chi connectivity index (χ3v) is 2.67. The summed E-state index contributed by atoms with van der Waals surface area (Å²) in [7, 11) is 1.41. The van der Waals surface area contributed by atoms with Crippen LogP contribution in [0.15, 0.2) is 0 Å². The monoisotopic (exact) mass is 207 g/mol. The maximum Gasteiger partial charge on any atom is 0.312 e. The molecule has 0 radical (unpaired) electrons. The first kappa shape index (κ1) is 12.7.